The highest BCUT2D eigenvalue weighted by molar-refractivity contribution is 5.95. The Morgan fingerprint density at radius 2 is 1.83 bits per heavy atom. The lowest BCUT2D eigenvalue weighted by atomic mass is 10.1. The third-order valence-corrected chi connectivity index (χ3v) is 3.75. The Bertz CT molecular complexity index is 469. The van der Waals surface area contributed by atoms with Crippen LogP contribution in [0.2, 0.25) is 0 Å². The molecule has 0 aliphatic heterocycles. The second-order valence-electron chi connectivity index (χ2n) is 5.92. The normalized spacial score (nSPS) is 24.2. The minimum absolute atomic E-state index is 0.0795. The van der Waals surface area contributed by atoms with E-state index in [4.69, 9.17) is 0 Å². The summed E-state index contributed by atoms with van der Waals surface area (Å²) in [6.45, 7) is 8.49. The van der Waals surface area contributed by atoms with Gasteiger partial charge in [0.25, 0.3) is 0 Å². The maximum absolute atomic E-state index is 12.2. The largest absolute Gasteiger partial charge is 0.326 e. The van der Waals surface area contributed by atoms with Gasteiger partial charge in [-0.1, -0.05) is 43.7 Å². The second kappa shape index (κ2) is 4.60. The van der Waals surface area contributed by atoms with Gasteiger partial charge in [-0.25, -0.2) is 0 Å². The molecule has 0 saturated heterocycles. The molecule has 0 heterocycles. The molecule has 1 amide bonds. The van der Waals surface area contributed by atoms with E-state index in [2.05, 4.69) is 39.1 Å². The minimum Gasteiger partial charge on any atom is -0.326 e. The number of carbonyl (C=O) groups is 1. The van der Waals surface area contributed by atoms with Crippen molar-refractivity contribution in [2.75, 3.05) is 5.32 Å². The minimum atomic E-state index is 0.0795. The van der Waals surface area contributed by atoms with Gasteiger partial charge in [-0.3, -0.25) is 4.79 Å². The Balaban J connectivity index is 2.05. The van der Waals surface area contributed by atoms with Crippen LogP contribution < -0.4 is 5.32 Å². The van der Waals surface area contributed by atoms with Gasteiger partial charge in [0.1, 0.15) is 0 Å². The first-order valence-corrected chi connectivity index (χ1v) is 6.44. The Kier molecular flexibility index (Phi) is 3.29. The molecule has 1 aromatic carbocycles. The zero-order valence-electron chi connectivity index (χ0n) is 11.5. The number of hydrogen-bond acceptors (Lipinski definition) is 1. The maximum atomic E-state index is 12.2. The smallest absolute Gasteiger partial charge is 0.228 e. The summed E-state index contributed by atoms with van der Waals surface area (Å²) in [6.07, 6.45) is 2.22. The van der Waals surface area contributed by atoms with E-state index in [9.17, 15) is 4.79 Å². The summed E-state index contributed by atoms with van der Waals surface area (Å²) in [4.78, 5) is 12.2. The summed E-state index contributed by atoms with van der Waals surface area (Å²) in [5.41, 5.74) is 2.24. The highest BCUT2D eigenvalue weighted by Crippen LogP contribution is 2.59. The van der Waals surface area contributed by atoms with Crippen molar-refractivity contribution in [3.8, 4) is 0 Å². The van der Waals surface area contributed by atoms with E-state index >= 15 is 0 Å². The lowest BCUT2D eigenvalue weighted by Crippen LogP contribution is -2.16. The fraction of sp³-hybridized carbons (Fsp3) is 0.438. The maximum Gasteiger partial charge on any atom is 0.228 e. The van der Waals surface area contributed by atoms with E-state index in [0.29, 0.717) is 5.92 Å². The highest BCUT2D eigenvalue weighted by Gasteiger charge is 2.60. The average molecular weight is 243 g/mol. The standard InChI is InChI=1S/C16H21NO/c1-11(2)10-13-14(16(13,3)4)15(18)17-12-8-6-5-7-9-12/h5-10,13-14H,1-4H3,(H,17,18)/t13-,14-/m0/s1. The van der Waals surface area contributed by atoms with Crippen LogP contribution in [0.4, 0.5) is 5.69 Å². The second-order valence-corrected chi connectivity index (χ2v) is 5.92. The zero-order chi connectivity index (χ0) is 13.3. The van der Waals surface area contributed by atoms with E-state index in [0.717, 1.165) is 5.69 Å². The Morgan fingerprint density at radius 3 is 2.39 bits per heavy atom. The predicted molar refractivity (Wildman–Crippen MR) is 75.3 cm³/mol. The molecule has 1 fully saturated rings. The quantitative estimate of drug-likeness (QED) is 0.802. The van der Waals surface area contributed by atoms with Crippen LogP contribution in [0, 0.1) is 17.3 Å². The van der Waals surface area contributed by atoms with Crippen LogP contribution in [0.5, 0.6) is 0 Å². The van der Waals surface area contributed by atoms with Crippen molar-refractivity contribution in [3.63, 3.8) is 0 Å². The van der Waals surface area contributed by atoms with Crippen molar-refractivity contribution in [1.29, 1.82) is 0 Å². The summed E-state index contributed by atoms with van der Waals surface area (Å²) in [5.74, 6) is 0.590. The fourth-order valence-corrected chi connectivity index (χ4v) is 2.59. The topological polar surface area (TPSA) is 29.1 Å². The molecular formula is C16H21NO. The first-order valence-electron chi connectivity index (χ1n) is 6.44. The molecule has 0 aromatic heterocycles. The third kappa shape index (κ3) is 2.47. The number of nitrogens with one attached hydrogen (secondary N) is 1. The molecule has 2 heteroatoms. The van der Waals surface area contributed by atoms with Crippen LogP contribution in [-0.2, 0) is 4.79 Å². The summed E-state index contributed by atoms with van der Waals surface area (Å²) in [7, 11) is 0. The van der Waals surface area contributed by atoms with Crippen LogP contribution in [0.1, 0.15) is 27.7 Å². The molecule has 2 atom stereocenters. The summed E-state index contributed by atoms with van der Waals surface area (Å²) >= 11 is 0. The zero-order valence-corrected chi connectivity index (χ0v) is 11.5. The van der Waals surface area contributed by atoms with E-state index in [1.165, 1.54) is 5.57 Å². The van der Waals surface area contributed by atoms with Crippen LogP contribution in [-0.4, -0.2) is 5.91 Å². The van der Waals surface area contributed by atoms with Crippen molar-refractivity contribution in [2.45, 2.75) is 27.7 Å². The van der Waals surface area contributed by atoms with Gasteiger partial charge in [0.05, 0.1) is 5.92 Å². The summed E-state index contributed by atoms with van der Waals surface area (Å²) < 4.78 is 0. The van der Waals surface area contributed by atoms with E-state index < -0.39 is 0 Å². The van der Waals surface area contributed by atoms with Gasteiger partial charge >= 0.3 is 0 Å². The van der Waals surface area contributed by atoms with Crippen LogP contribution in [0.25, 0.3) is 0 Å². The molecule has 1 saturated carbocycles. The van der Waals surface area contributed by atoms with Crippen molar-refractivity contribution in [2.24, 2.45) is 17.3 Å². The lowest BCUT2D eigenvalue weighted by Gasteiger charge is -2.05. The Morgan fingerprint density at radius 1 is 1.22 bits per heavy atom. The molecular weight excluding hydrogens is 222 g/mol. The van der Waals surface area contributed by atoms with Gasteiger partial charge in [-0.15, -0.1) is 0 Å². The molecule has 2 nitrogen and oxygen atoms in total. The van der Waals surface area contributed by atoms with Gasteiger partial charge in [-0.05, 0) is 37.3 Å². The number of benzene rings is 1. The van der Waals surface area contributed by atoms with Crippen molar-refractivity contribution in [3.05, 3.63) is 42.0 Å². The molecule has 2 rings (SSSR count). The van der Waals surface area contributed by atoms with E-state index in [-0.39, 0.29) is 17.2 Å². The molecule has 1 aliphatic carbocycles. The Labute approximate surface area is 109 Å². The highest BCUT2D eigenvalue weighted by atomic mass is 16.2. The van der Waals surface area contributed by atoms with Crippen molar-refractivity contribution in [1.82, 2.24) is 0 Å². The average Bonchev–Trinajstić information content (AvgIpc) is 2.80. The van der Waals surface area contributed by atoms with Gasteiger partial charge in [0, 0.05) is 5.69 Å². The molecule has 0 spiro atoms. The van der Waals surface area contributed by atoms with Crippen LogP contribution in [0.15, 0.2) is 42.0 Å². The third-order valence-electron chi connectivity index (χ3n) is 3.75. The van der Waals surface area contributed by atoms with Gasteiger partial charge in [0.2, 0.25) is 5.91 Å². The van der Waals surface area contributed by atoms with Crippen molar-refractivity contribution < 1.29 is 4.79 Å². The molecule has 0 bridgehead atoms. The number of hydrogen-bond donors (Lipinski definition) is 1. The molecule has 0 unspecified atom stereocenters. The van der Waals surface area contributed by atoms with Gasteiger partial charge < -0.3 is 5.32 Å². The van der Waals surface area contributed by atoms with E-state index in [1.807, 2.05) is 30.3 Å². The van der Waals surface area contributed by atoms with Gasteiger partial charge in [-0.2, -0.15) is 0 Å². The SMILES string of the molecule is CC(C)=C[C@H]1[C@@H](C(=O)Nc2ccccc2)C1(C)C. The predicted octanol–water partition coefficient (Wildman–Crippen LogP) is 3.86. The van der Waals surface area contributed by atoms with Crippen LogP contribution >= 0.6 is 0 Å². The Hall–Kier alpha value is -1.57. The molecule has 0 radical (unpaired) electrons. The monoisotopic (exact) mass is 243 g/mol. The number of carbonyl (C=O) groups excluding carboxylic acids is 1. The molecule has 1 aliphatic rings. The molecule has 96 valence electrons. The molecule has 18 heavy (non-hydrogen) atoms. The number of allylic oxidation sites excluding steroid dienone is 2. The number of rotatable bonds is 3. The van der Waals surface area contributed by atoms with E-state index in [1.54, 1.807) is 0 Å². The summed E-state index contributed by atoms with van der Waals surface area (Å²) in [5, 5.41) is 2.99. The molecule has 1 N–H and O–H groups in total. The lowest BCUT2D eigenvalue weighted by molar-refractivity contribution is -0.118. The molecule has 1 aromatic rings. The van der Waals surface area contributed by atoms with Crippen LogP contribution in [0.3, 0.4) is 0 Å². The van der Waals surface area contributed by atoms with Gasteiger partial charge in [0.15, 0.2) is 0 Å². The number of para-hydroxylation sites is 1. The number of amides is 1. The first kappa shape index (κ1) is 12.9. The number of anilines is 1. The summed E-state index contributed by atoms with van der Waals surface area (Å²) in [6, 6.07) is 9.65. The van der Waals surface area contributed by atoms with Crippen molar-refractivity contribution >= 4 is 11.6 Å². The first-order chi connectivity index (χ1) is 8.43. The fourth-order valence-electron chi connectivity index (χ4n) is 2.59.